The van der Waals surface area contributed by atoms with Gasteiger partial charge in [0.1, 0.15) is 0 Å². The molecule has 0 spiro atoms. The van der Waals surface area contributed by atoms with Crippen LogP contribution in [-0.2, 0) is 3.07 Å². The third-order valence-electron chi connectivity index (χ3n) is 6.27. The molecule has 1 nitrogen and oxygen atoms in total. The molecule has 0 aromatic heterocycles. The Labute approximate surface area is 178 Å². The molecule has 0 bridgehead atoms. The molecule has 164 valence electrons. The first kappa shape index (κ1) is 27.8. The predicted octanol–water partition coefficient (Wildman–Crippen LogP) is 9.66. The van der Waals surface area contributed by atoms with Gasteiger partial charge in [-0.2, -0.15) is 0 Å². The summed E-state index contributed by atoms with van der Waals surface area (Å²) < 4.78 is 11.2. The van der Waals surface area contributed by atoms with Crippen LogP contribution in [0.15, 0.2) is 0 Å². The van der Waals surface area contributed by atoms with Crippen LogP contribution >= 0.6 is 0 Å². The molecule has 0 rings (SSSR count). The molecule has 0 unspecified atom stereocenters. The summed E-state index contributed by atoms with van der Waals surface area (Å²) in [6.07, 6.45) is 24.0. The van der Waals surface area contributed by atoms with Gasteiger partial charge in [-0.05, 0) is 0 Å². The van der Waals surface area contributed by atoms with E-state index in [1.165, 1.54) is 122 Å². The number of hydrogen-bond donors (Lipinski definition) is 0. The first-order valence-electron chi connectivity index (χ1n) is 12.9. The van der Waals surface area contributed by atoms with Crippen molar-refractivity contribution in [3.8, 4) is 0 Å². The summed E-state index contributed by atoms with van der Waals surface area (Å²) in [6, 6.07) is 0. The van der Waals surface area contributed by atoms with E-state index in [9.17, 15) is 0 Å². The molecule has 0 radical (unpaired) electrons. The summed E-state index contributed by atoms with van der Waals surface area (Å²) in [6.45, 7) is 10.5. The van der Waals surface area contributed by atoms with Crippen molar-refractivity contribution in [3.63, 3.8) is 0 Å². The van der Waals surface area contributed by atoms with E-state index in [1.54, 1.807) is 0 Å². The molecule has 0 N–H and O–H groups in total. The molecule has 0 fully saturated rings. The molecule has 0 aromatic carbocycles. The summed E-state index contributed by atoms with van der Waals surface area (Å²) in [4.78, 5) is 0. The Morgan fingerprint density at radius 1 is 0.444 bits per heavy atom. The Kier molecular flexibility index (Phi) is 22.1. The molecule has 2 heteroatoms. The van der Waals surface area contributed by atoms with Crippen LogP contribution in [0.3, 0.4) is 0 Å². The summed E-state index contributed by atoms with van der Waals surface area (Å²) in [5.41, 5.74) is 0. The van der Waals surface area contributed by atoms with Gasteiger partial charge < -0.3 is 0 Å². The monoisotopic (exact) mass is 490 g/mol. The van der Waals surface area contributed by atoms with E-state index >= 15 is 0 Å². The molecule has 0 amide bonds. The summed E-state index contributed by atoms with van der Waals surface area (Å²) >= 11 is -2.32. The molecule has 0 heterocycles. The second kappa shape index (κ2) is 21.5. The minimum absolute atomic E-state index is 1.08. The van der Waals surface area contributed by atoms with Crippen molar-refractivity contribution in [2.24, 2.45) is 0 Å². The third-order valence-corrected chi connectivity index (χ3v) is 19.5. The second-order valence-electron chi connectivity index (χ2n) is 8.83. The standard InChI is InChI=1S/2C8H17.C7H15O.C2H5.Sn/c2*1-3-5-7-8-6-4-2;1-2-3-4-5-6-7-8;1-2;/h2*1,3-8H2,2H3;2-7H2,1H3;1H2,2H3;/q;;-1;;+1. The van der Waals surface area contributed by atoms with Gasteiger partial charge in [0.15, 0.2) is 0 Å². The maximum absolute atomic E-state index is 6.82. The molecule has 0 aliphatic rings. The quantitative estimate of drug-likeness (QED) is 0.109. The van der Waals surface area contributed by atoms with Crippen LogP contribution in [0.4, 0.5) is 0 Å². The molecular formula is C25H54OSn. The Morgan fingerprint density at radius 2 is 0.815 bits per heavy atom. The molecule has 0 atom stereocenters. The fraction of sp³-hybridized carbons (Fsp3) is 1.00. The van der Waals surface area contributed by atoms with E-state index < -0.39 is 18.8 Å². The van der Waals surface area contributed by atoms with Crippen LogP contribution in [0.25, 0.3) is 0 Å². The summed E-state index contributed by atoms with van der Waals surface area (Å²) in [5, 5.41) is 0. The molecule has 27 heavy (non-hydrogen) atoms. The van der Waals surface area contributed by atoms with Crippen molar-refractivity contribution in [3.05, 3.63) is 0 Å². The molecule has 0 aromatic rings. The van der Waals surface area contributed by atoms with Crippen LogP contribution in [0.1, 0.15) is 137 Å². The fourth-order valence-electron chi connectivity index (χ4n) is 4.17. The van der Waals surface area contributed by atoms with Gasteiger partial charge in [0.25, 0.3) is 0 Å². The SMILES string of the molecule is CCCCCCC[CH2][Sn]([CH2]C)([CH2]CCCCCCC)[O]CCCCCCC. The Balaban J connectivity index is 4.23. The average molecular weight is 489 g/mol. The van der Waals surface area contributed by atoms with E-state index in [-0.39, 0.29) is 0 Å². The van der Waals surface area contributed by atoms with Gasteiger partial charge in [-0.15, -0.1) is 0 Å². The Hall–Kier alpha value is 0.759. The van der Waals surface area contributed by atoms with Crippen LogP contribution in [0.2, 0.25) is 13.3 Å². The van der Waals surface area contributed by atoms with Gasteiger partial charge in [0.2, 0.25) is 0 Å². The molecule has 0 saturated carbocycles. The van der Waals surface area contributed by atoms with E-state index in [0.717, 1.165) is 6.61 Å². The van der Waals surface area contributed by atoms with Gasteiger partial charge in [-0.1, -0.05) is 0 Å². The molecule has 0 aliphatic carbocycles. The van der Waals surface area contributed by atoms with Crippen LogP contribution in [0.5, 0.6) is 0 Å². The fourth-order valence-corrected chi connectivity index (χ4v) is 15.1. The van der Waals surface area contributed by atoms with Crippen LogP contribution < -0.4 is 0 Å². The van der Waals surface area contributed by atoms with Gasteiger partial charge in [0.05, 0.1) is 0 Å². The van der Waals surface area contributed by atoms with Gasteiger partial charge in [-0.25, -0.2) is 0 Å². The normalized spacial score (nSPS) is 12.0. The van der Waals surface area contributed by atoms with E-state index in [1.807, 2.05) is 0 Å². The summed E-state index contributed by atoms with van der Waals surface area (Å²) in [7, 11) is 0. The second-order valence-corrected chi connectivity index (χ2v) is 21.3. The average Bonchev–Trinajstić information content (AvgIpc) is 2.69. The van der Waals surface area contributed by atoms with Crippen molar-refractivity contribution in [2.45, 2.75) is 150 Å². The van der Waals surface area contributed by atoms with E-state index in [4.69, 9.17) is 3.07 Å². The summed E-state index contributed by atoms with van der Waals surface area (Å²) in [5.74, 6) is 0. The minimum atomic E-state index is -2.32. The third kappa shape index (κ3) is 17.3. The Morgan fingerprint density at radius 3 is 1.22 bits per heavy atom. The first-order valence-corrected chi connectivity index (χ1v) is 20.1. The van der Waals surface area contributed by atoms with Crippen molar-refractivity contribution >= 4 is 18.8 Å². The Bertz CT molecular complexity index is 239. The van der Waals surface area contributed by atoms with E-state index in [0.29, 0.717) is 0 Å². The zero-order valence-corrected chi connectivity index (χ0v) is 22.6. The van der Waals surface area contributed by atoms with Gasteiger partial charge >= 0.3 is 179 Å². The van der Waals surface area contributed by atoms with Crippen LogP contribution in [0, 0.1) is 0 Å². The number of rotatable bonds is 22. The zero-order chi connectivity index (χ0) is 20.1. The van der Waals surface area contributed by atoms with Gasteiger partial charge in [-0.3, -0.25) is 0 Å². The number of hydrogen-bond acceptors (Lipinski definition) is 1. The zero-order valence-electron chi connectivity index (χ0n) is 19.8. The predicted molar refractivity (Wildman–Crippen MR) is 127 cm³/mol. The molecule has 0 aliphatic heterocycles. The van der Waals surface area contributed by atoms with Crippen molar-refractivity contribution < 1.29 is 3.07 Å². The van der Waals surface area contributed by atoms with E-state index in [2.05, 4.69) is 27.7 Å². The van der Waals surface area contributed by atoms with Crippen molar-refractivity contribution in [1.29, 1.82) is 0 Å². The first-order chi connectivity index (χ1) is 13.2. The maximum atomic E-state index is 6.82. The topological polar surface area (TPSA) is 9.23 Å². The van der Waals surface area contributed by atoms with Crippen molar-refractivity contribution in [1.82, 2.24) is 0 Å². The number of unbranched alkanes of at least 4 members (excludes halogenated alkanes) is 14. The van der Waals surface area contributed by atoms with Gasteiger partial charge in [0, 0.05) is 0 Å². The van der Waals surface area contributed by atoms with Crippen molar-refractivity contribution in [2.75, 3.05) is 6.61 Å². The molecule has 0 saturated heterocycles. The molecular weight excluding hydrogens is 435 g/mol. The van der Waals surface area contributed by atoms with Crippen LogP contribution in [-0.4, -0.2) is 25.4 Å².